The van der Waals surface area contributed by atoms with Crippen molar-refractivity contribution in [2.75, 3.05) is 21.9 Å². The van der Waals surface area contributed by atoms with Crippen LogP contribution >= 0.6 is 27.7 Å². The van der Waals surface area contributed by atoms with E-state index in [4.69, 9.17) is 0 Å². The van der Waals surface area contributed by atoms with Gasteiger partial charge in [-0.3, -0.25) is 9.52 Å². The van der Waals surface area contributed by atoms with Crippen LogP contribution in [0.4, 0.5) is 11.4 Å². The summed E-state index contributed by atoms with van der Waals surface area (Å²) in [6.07, 6.45) is 0.871. The number of aryl methyl sites for hydroxylation is 1. The third-order valence-corrected chi connectivity index (χ3v) is 7.23. The maximum Gasteiger partial charge on any atom is 0.262 e. The predicted octanol–water partition coefficient (Wildman–Crippen LogP) is 4.41. The van der Waals surface area contributed by atoms with Gasteiger partial charge in [-0.15, -0.1) is 11.8 Å². The molecule has 0 spiro atoms. The van der Waals surface area contributed by atoms with Gasteiger partial charge in [0, 0.05) is 22.8 Å². The van der Waals surface area contributed by atoms with Crippen molar-refractivity contribution >= 4 is 55.0 Å². The van der Waals surface area contributed by atoms with Gasteiger partial charge in [0.2, 0.25) is 5.91 Å². The van der Waals surface area contributed by atoms with E-state index in [0.29, 0.717) is 22.4 Å². The first kappa shape index (κ1) is 19.3. The molecular weight excluding hydrogens is 436 g/mol. The maximum atomic E-state index is 12.8. The SMILES string of the molecule is CC(=O)N1CCCSc2ccc(S(=O)(=O)Nc3ccc(C)cc3Br)cc21. The van der Waals surface area contributed by atoms with E-state index in [1.165, 1.54) is 6.92 Å². The summed E-state index contributed by atoms with van der Waals surface area (Å²) in [4.78, 5) is 14.7. The number of sulfonamides is 1. The fourth-order valence-corrected chi connectivity index (χ4v) is 5.55. The molecule has 1 aliphatic heterocycles. The molecule has 2 aromatic carbocycles. The largest absolute Gasteiger partial charge is 0.311 e. The lowest BCUT2D eigenvalue weighted by Crippen LogP contribution is -2.29. The average Bonchev–Trinajstić information content (AvgIpc) is 2.79. The number of carbonyl (C=O) groups excluding carboxylic acids is 1. The molecule has 3 rings (SSSR count). The first-order valence-corrected chi connectivity index (χ1v) is 11.4. The normalized spacial score (nSPS) is 14.5. The Kier molecular flexibility index (Phi) is 5.64. The van der Waals surface area contributed by atoms with E-state index in [0.717, 1.165) is 22.6 Å². The van der Waals surface area contributed by atoms with Crippen molar-refractivity contribution in [2.45, 2.75) is 30.1 Å². The summed E-state index contributed by atoms with van der Waals surface area (Å²) in [5.41, 5.74) is 2.16. The van der Waals surface area contributed by atoms with Gasteiger partial charge in [-0.05, 0) is 70.9 Å². The standard InChI is InChI=1S/C18H19BrN2O3S2/c1-12-4-6-16(15(19)10-12)20-26(23,24)14-5-7-18-17(11-14)21(13(2)22)8-3-9-25-18/h4-7,10-11,20H,3,8-9H2,1-2H3. The number of benzene rings is 2. The zero-order chi connectivity index (χ0) is 18.9. The molecule has 138 valence electrons. The Hall–Kier alpha value is -1.51. The number of carbonyl (C=O) groups is 1. The van der Waals surface area contributed by atoms with Gasteiger partial charge >= 0.3 is 0 Å². The molecule has 8 heteroatoms. The molecular formula is C18H19BrN2O3S2. The second-order valence-corrected chi connectivity index (χ2v) is 9.76. The monoisotopic (exact) mass is 454 g/mol. The molecule has 0 aromatic heterocycles. The highest BCUT2D eigenvalue weighted by Gasteiger charge is 2.23. The molecule has 0 bridgehead atoms. The molecule has 0 radical (unpaired) electrons. The number of rotatable bonds is 3. The lowest BCUT2D eigenvalue weighted by atomic mass is 10.2. The molecule has 1 heterocycles. The minimum Gasteiger partial charge on any atom is -0.311 e. The summed E-state index contributed by atoms with van der Waals surface area (Å²) in [5, 5.41) is 0. The Morgan fingerprint density at radius 1 is 1.23 bits per heavy atom. The van der Waals surface area contributed by atoms with Crippen molar-refractivity contribution in [3.63, 3.8) is 0 Å². The number of hydrogen-bond donors (Lipinski definition) is 1. The molecule has 0 fully saturated rings. The highest BCUT2D eigenvalue weighted by molar-refractivity contribution is 9.10. The van der Waals surface area contributed by atoms with Crippen molar-refractivity contribution in [1.29, 1.82) is 0 Å². The molecule has 5 nitrogen and oxygen atoms in total. The van der Waals surface area contributed by atoms with Crippen molar-refractivity contribution in [2.24, 2.45) is 0 Å². The topological polar surface area (TPSA) is 66.5 Å². The van der Waals surface area contributed by atoms with Crippen LogP contribution in [0.1, 0.15) is 18.9 Å². The van der Waals surface area contributed by atoms with Gasteiger partial charge in [-0.1, -0.05) is 6.07 Å². The quantitative estimate of drug-likeness (QED) is 0.745. The van der Waals surface area contributed by atoms with Crippen LogP contribution in [0.15, 0.2) is 50.7 Å². The summed E-state index contributed by atoms with van der Waals surface area (Å²) in [6.45, 7) is 4.03. The fourth-order valence-electron chi connectivity index (χ4n) is 2.76. The summed E-state index contributed by atoms with van der Waals surface area (Å²) in [5.74, 6) is 0.815. The first-order valence-electron chi connectivity index (χ1n) is 8.12. The van der Waals surface area contributed by atoms with E-state index in [2.05, 4.69) is 20.7 Å². The Morgan fingerprint density at radius 3 is 2.69 bits per heavy atom. The lowest BCUT2D eigenvalue weighted by Gasteiger charge is -2.21. The van der Waals surface area contributed by atoms with Crippen LogP contribution in [-0.2, 0) is 14.8 Å². The number of nitrogens with zero attached hydrogens (tertiary/aromatic N) is 1. The highest BCUT2D eigenvalue weighted by Crippen LogP contribution is 2.36. The van der Waals surface area contributed by atoms with Crippen LogP contribution in [0.3, 0.4) is 0 Å². The summed E-state index contributed by atoms with van der Waals surface area (Å²) < 4.78 is 29.0. The second kappa shape index (κ2) is 7.62. The van der Waals surface area contributed by atoms with E-state index >= 15 is 0 Å². The second-order valence-electron chi connectivity index (χ2n) is 6.09. The Morgan fingerprint density at radius 2 is 2.00 bits per heavy atom. The summed E-state index contributed by atoms with van der Waals surface area (Å²) in [6, 6.07) is 10.4. The van der Waals surface area contributed by atoms with Crippen LogP contribution in [0, 0.1) is 6.92 Å². The molecule has 1 N–H and O–H groups in total. The van der Waals surface area contributed by atoms with Crippen LogP contribution in [-0.4, -0.2) is 26.6 Å². The van der Waals surface area contributed by atoms with E-state index in [-0.39, 0.29) is 10.8 Å². The number of halogens is 1. The summed E-state index contributed by atoms with van der Waals surface area (Å²) >= 11 is 5.03. The van der Waals surface area contributed by atoms with E-state index < -0.39 is 10.0 Å². The molecule has 0 unspecified atom stereocenters. The van der Waals surface area contributed by atoms with E-state index in [1.807, 2.05) is 19.1 Å². The van der Waals surface area contributed by atoms with E-state index in [1.54, 1.807) is 40.9 Å². The molecule has 0 saturated heterocycles. The Balaban J connectivity index is 1.99. The number of anilines is 2. The van der Waals surface area contributed by atoms with Crippen LogP contribution in [0.5, 0.6) is 0 Å². The molecule has 0 aliphatic carbocycles. The van der Waals surface area contributed by atoms with Gasteiger partial charge in [-0.25, -0.2) is 8.42 Å². The predicted molar refractivity (Wildman–Crippen MR) is 109 cm³/mol. The Bertz CT molecular complexity index is 961. The van der Waals surface area contributed by atoms with Crippen molar-refractivity contribution in [3.8, 4) is 0 Å². The third kappa shape index (κ3) is 4.07. The minimum atomic E-state index is -3.77. The number of thioether (sulfide) groups is 1. The van der Waals surface area contributed by atoms with Gasteiger partial charge in [0.05, 0.1) is 16.3 Å². The molecule has 1 aliphatic rings. The van der Waals surface area contributed by atoms with Crippen molar-refractivity contribution in [3.05, 3.63) is 46.4 Å². The molecule has 2 aromatic rings. The van der Waals surface area contributed by atoms with Gasteiger partial charge in [0.15, 0.2) is 0 Å². The number of hydrogen-bond acceptors (Lipinski definition) is 4. The Labute approximate surface area is 166 Å². The van der Waals surface area contributed by atoms with Gasteiger partial charge in [0.1, 0.15) is 0 Å². The minimum absolute atomic E-state index is 0.0856. The molecule has 0 saturated carbocycles. The number of fused-ring (bicyclic) bond motifs is 1. The molecule has 1 amide bonds. The van der Waals surface area contributed by atoms with Crippen molar-refractivity contribution < 1.29 is 13.2 Å². The molecule has 0 atom stereocenters. The zero-order valence-corrected chi connectivity index (χ0v) is 17.7. The molecule has 26 heavy (non-hydrogen) atoms. The third-order valence-electron chi connectivity index (χ3n) is 4.06. The van der Waals surface area contributed by atoms with Crippen molar-refractivity contribution in [1.82, 2.24) is 0 Å². The van der Waals surface area contributed by atoms with Gasteiger partial charge in [-0.2, -0.15) is 0 Å². The van der Waals surface area contributed by atoms with Gasteiger partial charge in [0.25, 0.3) is 10.0 Å². The zero-order valence-electron chi connectivity index (χ0n) is 14.5. The average molecular weight is 455 g/mol. The fraction of sp³-hybridized carbons (Fsp3) is 0.278. The smallest absolute Gasteiger partial charge is 0.262 e. The van der Waals surface area contributed by atoms with Crippen LogP contribution < -0.4 is 9.62 Å². The maximum absolute atomic E-state index is 12.8. The van der Waals surface area contributed by atoms with E-state index in [9.17, 15) is 13.2 Å². The number of nitrogens with one attached hydrogen (secondary N) is 1. The van der Waals surface area contributed by atoms with Crippen LogP contribution in [0.2, 0.25) is 0 Å². The highest BCUT2D eigenvalue weighted by atomic mass is 79.9. The number of amides is 1. The lowest BCUT2D eigenvalue weighted by molar-refractivity contribution is -0.116. The van der Waals surface area contributed by atoms with Gasteiger partial charge < -0.3 is 4.90 Å². The summed E-state index contributed by atoms with van der Waals surface area (Å²) in [7, 11) is -3.77. The first-order chi connectivity index (χ1) is 12.3. The van der Waals surface area contributed by atoms with Crippen LogP contribution in [0.25, 0.3) is 0 Å².